The molecule has 0 aliphatic rings. The van der Waals surface area contributed by atoms with Gasteiger partial charge >= 0.3 is 0 Å². The van der Waals surface area contributed by atoms with Crippen LogP contribution in [0.15, 0.2) is 30.5 Å². The number of aryl methyl sites for hydroxylation is 1. The summed E-state index contributed by atoms with van der Waals surface area (Å²) in [4.78, 5) is 0. The minimum Gasteiger partial charge on any atom is -0.304 e. The number of hydrogen-bond donors (Lipinski definition) is 1. The third-order valence-corrected chi connectivity index (χ3v) is 3.62. The van der Waals surface area contributed by atoms with E-state index in [1.165, 1.54) is 0 Å². The van der Waals surface area contributed by atoms with Crippen LogP contribution in [0.1, 0.15) is 11.1 Å². The number of aromatic amines is 1. The molecule has 3 rings (SSSR count). The summed E-state index contributed by atoms with van der Waals surface area (Å²) in [6.07, 6.45) is 1.78. The van der Waals surface area contributed by atoms with Gasteiger partial charge in [0.2, 0.25) is 0 Å². The van der Waals surface area contributed by atoms with Gasteiger partial charge in [-0.15, -0.1) is 5.10 Å². The molecular formula is C13H11N7S. The fraction of sp³-hybridized carbons (Fsp3) is 0.154. The molecule has 8 heteroatoms. The van der Waals surface area contributed by atoms with E-state index in [9.17, 15) is 0 Å². The topological polar surface area (TPSA) is 88.1 Å². The van der Waals surface area contributed by atoms with E-state index in [4.69, 9.17) is 17.5 Å². The molecule has 0 amide bonds. The third-order valence-electron chi connectivity index (χ3n) is 3.13. The van der Waals surface area contributed by atoms with Crippen molar-refractivity contribution in [1.82, 2.24) is 30.0 Å². The van der Waals surface area contributed by atoms with Crippen LogP contribution in [0.3, 0.4) is 0 Å². The highest BCUT2D eigenvalue weighted by Crippen LogP contribution is 2.17. The van der Waals surface area contributed by atoms with Crippen LogP contribution in [0.2, 0.25) is 0 Å². The van der Waals surface area contributed by atoms with E-state index in [0.29, 0.717) is 22.6 Å². The van der Waals surface area contributed by atoms with Gasteiger partial charge in [0.05, 0.1) is 23.7 Å². The molecule has 0 aliphatic heterocycles. The fourth-order valence-corrected chi connectivity index (χ4v) is 2.19. The molecule has 0 saturated heterocycles. The van der Waals surface area contributed by atoms with Gasteiger partial charge in [-0.1, -0.05) is 24.4 Å². The molecule has 0 radical (unpaired) electrons. The molecule has 0 saturated carbocycles. The van der Waals surface area contributed by atoms with Gasteiger partial charge in [-0.2, -0.15) is 5.26 Å². The molecule has 7 nitrogen and oxygen atoms in total. The van der Waals surface area contributed by atoms with Crippen molar-refractivity contribution < 1.29 is 0 Å². The van der Waals surface area contributed by atoms with E-state index in [1.54, 1.807) is 27.7 Å². The van der Waals surface area contributed by atoms with E-state index in [1.807, 2.05) is 19.2 Å². The number of aromatic nitrogens is 6. The van der Waals surface area contributed by atoms with Gasteiger partial charge in [0.25, 0.3) is 0 Å². The lowest BCUT2D eigenvalue weighted by atomic mass is 10.1. The van der Waals surface area contributed by atoms with Crippen LogP contribution < -0.4 is 0 Å². The maximum atomic E-state index is 8.81. The number of hydrogen-bond acceptors (Lipinski definition) is 5. The summed E-state index contributed by atoms with van der Waals surface area (Å²) >= 11 is 5.32. The van der Waals surface area contributed by atoms with Gasteiger partial charge < -0.3 is 5.10 Å². The Balaban J connectivity index is 1.94. The van der Waals surface area contributed by atoms with Crippen LogP contribution in [0.25, 0.3) is 11.4 Å². The van der Waals surface area contributed by atoms with Crippen molar-refractivity contribution in [3.63, 3.8) is 0 Å². The van der Waals surface area contributed by atoms with Gasteiger partial charge in [-0.05, 0) is 28.1 Å². The first-order chi connectivity index (χ1) is 10.2. The maximum Gasteiger partial charge on any atom is 0.186 e. The molecule has 0 spiro atoms. The molecule has 0 aliphatic carbocycles. The summed E-state index contributed by atoms with van der Waals surface area (Å²) in [7, 11) is 1.83. The van der Waals surface area contributed by atoms with Crippen LogP contribution in [0, 0.1) is 16.0 Å². The van der Waals surface area contributed by atoms with E-state index in [-0.39, 0.29) is 0 Å². The second-order valence-electron chi connectivity index (χ2n) is 4.52. The van der Waals surface area contributed by atoms with Crippen molar-refractivity contribution in [1.29, 1.82) is 5.26 Å². The molecule has 2 aromatic heterocycles. The second-order valence-corrected chi connectivity index (χ2v) is 4.91. The number of benzene rings is 1. The molecule has 0 fully saturated rings. The van der Waals surface area contributed by atoms with Crippen molar-refractivity contribution >= 4 is 12.2 Å². The van der Waals surface area contributed by atoms with Crippen LogP contribution in [0.5, 0.6) is 0 Å². The lowest BCUT2D eigenvalue weighted by Crippen LogP contribution is -2.04. The molecule has 0 atom stereocenters. The number of nitrogens with one attached hydrogen (secondary N) is 1. The Kier molecular flexibility index (Phi) is 3.33. The Hall–Kier alpha value is -2.79. The van der Waals surface area contributed by atoms with Gasteiger partial charge in [-0.25, -0.2) is 4.68 Å². The predicted octanol–water partition coefficient (Wildman–Crippen LogP) is 1.66. The highest BCUT2D eigenvalue weighted by molar-refractivity contribution is 7.71. The summed E-state index contributed by atoms with van der Waals surface area (Å²) < 4.78 is 4.05. The summed E-state index contributed by atoms with van der Waals surface area (Å²) in [5.74, 6) is 0.612. The highest BCUT2D eigenvalue weighted by atomic mass is 32.1. The Labute approximate surface area is 125 Å². The van der Waals surface area contributed by atoms with Gasteiger partial charge in [-0.3, -0.25) is 4.68 Å². The van der Waals surface area contributed by atoms with Crippen LogP contribution in [-0.4, -0.2) is 30.0 Å². The molecular weight excluding hydrogens is 286 g/mol. The molecule has 0 unspecified atom stereocenters. The van der Waals surface area contributed by atoms with Crippen LogP contribution in [-0.2, 0) is 13.6 Å². The normalized spacial score (nSPS) is 10.5. The maximum absolute atomic E-state index is 8.81. The van der Waals surface area contributed by atoms with E-state index in [0.717, 1.165) is 11.1 Å². The van der Waals surface area contributed by atoms with Gasteiger partial charge in [0.15, 0.2) is 5.82 Å². The van der Waals surface area contributed by atoms with Gasteiger partial charge in [0.1, 0.15) is 4.64 Å². The number of nitriles is 1. The lowest BCUT2D eigenvalue weighted by Gasteiger charge is -2.03. The quantitative estimate of drug-likeness (QED) is 0.743. The lowest BCUT2D eigenvalue weighted by molar-refractivity contribution is 0.653. The summed E-state index contributed by atoms with van der Waals surface area (Å²) in [6, 6.07) is 9.41. The average Bonchev–Trinajstić information content (AvgIpc) is 3.08. The van der Waals surface area contributed by atoms with Gasteiger partial charge in [0, 0.05) is 13.2 Å². The van der Waals surface area contributed by atoms with Crippen molar-refractivity contribution in [3.8, 4) is 17.5 Å². The Bertz CT molecular complexity index is 863. The van der Waals surface area contributed by atoms with E-state index >= 15 is 0 Å². The first kappa shape index (κ1) is 13.2. The zero-order chi connectivity index (χ0) is 14.8. The molecule has 1 N–H and O–H groups in total. The molecule has 104 valence electrons. The average molecular weight is 297 g/mol. The Morgan fingerprint density at radius 1 is 1.33 bits per heavy atom. The minimum absolute atomic E-state index is 0.512. The smallest absolute Gasteiger partial charge is 0.186 e. The Morgan fingerprint density at radius 2 is 2.10 bits per heavy atom. The molecule has 3 aromatic rings. The summed E-state index contributed by atoms with van der Waals surface area (Å²) in [5, 5.41) is 23.6. The van der Waals surface area contributed by atoms with Crippen molar-refractivity contribution in [2.45, 2.75) is 6.54 Å². The third kappa shape index (κ3) is 2.46. The number of nitrogens with zero attached hydrogens (tertiary/aromatic N) is 6. The summed E-state index contributed by atoms with van der Waals surface area (Å²) in [5.41, 5.74) is 2.42. The number of rotatable bonds is 3. The zero-order valence-corrected chi connectivity index (χ0v) is 12.0. The largest absolute Gasteiger partial charge is 0.304 e. The number of H-pyrrole nitrogens is 1. The molecule has 1 aromatic carbocycles. The number of tetrazole rings is 1. The van der Waals surface area contributed by atoms with Crippen molar-refractivity contribution in [2.24, 2.45) is 7.05 Å². The first-order valence-corrected chi connectivity index (χ1v) is 6.60. The monoisotopic (exact) mass is 297 g/mol. The minimum atomic E-state index is 0.512. The predicted molar refractivity (Wildman–Crippen MR) is 77.7 cm³/mol. The second kappa shape index (κ2) is 5.30. The first-order valence-electron chi connectivity index (χ1n) is 6.19. The molecule has 21 heavy (non-hydrogen) atoms. The zero-order valence-electron chi connectivity index (χ0n) is 11.2. The molecule has 0 bridgehead atoms. The fourth-order valence-electron chi connectivity index (χ4n) is 1.98. The highest BCUT2D eigenvalue weighted by Gasteiger charge is 2.13. The summed E-state index contributed by atoms with van der Waals surface area (Å²) in [6.45, 7) is 0.512. The van der Waals surface area contributed by atoms with Crippen LogP contribution >= 0.6 is 12.2 Å². The van der Waals surface area contributed by atoms with Crippen molar-refractivity contribution in [3.05, 3.63) is 46.2 Å². The Morgan fingerprint density at radius 3 is 2.71 bits per heavy atom. The standard InChI is InChI=1S/C13H11N7S/c1-19-13(21)11(7-15-19)12-16-17-18-20(12)8-10-4-2-9(6-14)3-5-10/h2-5,7,15H,8H2,1H3. The SMILES string of the molecule is Cn1[nH]cc(-c2nnnn2Cc2ccc(C#N)cc2)c1=S. The van der Waals surface area contributed by atoms with E-state index in [2.05, 4.69) is 26.7 Å². The van der Waals surface area contributed by atoms with Crippen molar-refractivity contribution in [2.75, 3.05) is 0 Å². The van der Waals surface area contributed by atoms with Crippen LogP contribution in [0.4, 0.5) is 0 Å². The van der Waals surface area contributed by atoms with E-state index < -0.39 is 0 Å². The molecule has 2 heterocycles.